The molecule has 0 fully saturated rings. The second kappa shape index (κ2) is 4.46. The highest BCUT2D eigenvalue weighted by Gasteiger charge is 2.11. The number of imidazole rings is 1. The van der Waals surface area contributed by atoms with E-state index in [1.54, 1.807) is 7.11 Å². The molecule has 2 aromatic heterocycles. The lowest BCUT2D eigenvalue weighted by Gasteiger charge is -2.08. The number of rotatable bonds is 2. The standard InChI is InChI=1S/C14H11BrN2O/c1-18-13-8-4-5-10-9-16-14(17(10)13)11-6-2-3-7-12(11)15/h2-9H,1H3. The van der Waals surface area contributed by atoms with Crippen LogP contribution in [0.5, 0.6) is 5.88 Å². The van der Waals surface area contributed by atoms with Gasteiger partial charge in [0.25, 0.3) is 0 Å². The van der Waals surface area contributed by atoms with Crippen LogP contribution in [0, 0.1) is 0 Å². The maximum absolute atomic E-state index is 5.40. The third kappa shape index (κ3) is 1.69. The number of halogens is 1. The summed E-state index contributed by atoms with van der Waals surface area (Å²) < 4.78 is 8.41. The minimum Gasteiger partial charge on any atom is -0.482 e. The van der Waals surface area contributed by atoms with E-state index in [-0.39, 0.29) is 0 Å². The van der Waals surface area contributed by atoms with Crippen LogP contribution in [0.25, 0.3) is 16.9 Å². The second-order valence-corrected chi connectivity index (χ2v) is 4.74. The van der Waals surface area contributed by atoms with Gasteiger partial charge in [-0.2, -0.15) is 0 Å². The van der Waals surface area contributed by atoms with Crippen molar-refractivity contribution in [2.45, 2.75) is 0 Å². The van der Waals surface area contributed by atoms with Gasteiger partial charge in [-0.05, 0) is 18.2 Å². The van der Waals surface area contributed by atoms with Crippen molar-refractivity contribution in [1.82, 2.24) is 9.38 Å². The fourth-order valence-corrected chi connectivity index (χ4v) is 2.47. The molecule has 3 rings (SSSR count). The number of ether oxygens (including phenoxy) is 1. The van der Waals surface area contributed by atoms with Crippen LogP contribution >= 0.6 is 15.9 Å². The fraction of sp³-hybridized carbons (Fsp3) is 0.0714. The number of fused-ring (bicyclic) bond motifs is 1. The maximum Gasteiger partial charge on any atom is 0.199 e. The first-order valence-corrected chi connectivity index (χ1v) is 6.36. The normalized spacial score (nSPS) is 10.8. The second-order valence-electron chi connectivity index (χ2n) is 3.89. The molecule has 0 unspecified atom stereocenters. The summed E-state index contributed by atoms with van der Waals surface area (Å²) >= 11 is 3.56. The average Bonchev–Trinajstić information content (AvgIpc) is 2.83. The van der Waals surface area contributed by atoms with Gasteiger partial charge in [-0.1, -0.05) is 40.2 Å². The number of pyridine rings is 1. The summed E-state index contributed by atoms with van der Waals surface area (Å²) in [6.07, 6.45) is 1.84. The number of nitrogens with zero attached hydrogens (tertiary/aromatic N) is 2. The molecule has 0 aliphatic carbocycles. The molecule has 0 spiro atoms. The molecule has 0 aliphatic heterocycles. The summed E-state index contributed by atoms with van der Waals surface area (Å²) in [4.78, 5) is 4.49. The Kier molecular flexibility index (Phi) is 2.80. The Morgan fingerprint density at radius 1 is 1.11 bits per heavy atom. The Bertz CT molecular complexity index is 706. The quantitative estimate of drug-likeness (QED) is 0.720. The van der Waals surface area contributed by atoms with Gasteiger partial charge in [0.15, 0.2) is 5.88 Å². The Morgan fingerprint density at radius 2 is 1.94 bits per heavy atom. The minimum absolute atomic E-state index is 0.774. The monoisotopic (exact) mass is 302 g/mol. The van der Waals surface area contributed by atoms with Crippen molar-refractivity contribution in [2.75, 3.05) is 7.11 Å². The molecular formula is C14H11BrN2O. The van der Waals surface area contributed by atoms with Crippen LogP contribution in [0.2, 0.25) is 0 Å². The van der Waals surface area contributed by atoms with Gasteiger partial charge in [0.2, 0.25) is 0 Å². The van der Waals surface area contributed by atoms with Crippen LogP contribution in [0.3, 0.4) is 0 Å². The third-order valence-electron chi connectivity index (χ3n) is 2.84. The molecule has 0 N–H and O–H groups in total. The summed E-state index contributed by atoms with van der Waals surface area (Å²) in [7, 11) is 1.67. The smallest absolute Gasteiger partial charge is 0.199 e. The number of hydrogen-bond donors (Lipinski definition) is 0. The van der Waals surface area contributed by atoms with Crippen LogP contribution in [0.15, 0.2) is 53.1 Å². The highest BCUT2D eigenvalue weighted by Crippen LogP contribution is 2.30. The Labute approximate surface area is 113 Å². The van der Waals surface area contributed by atoms with Gasteiger partial charge in [0, 0.05) is 10.0 Å². The highest BCUT2D eigenvalue weighted by atomic mass is 79.9. The third-order valence-corrected chi connectivity index (χ3v) is 3.53. The summed E-state index contributed by atoms with van der Waals surface area (Å²) in [5, 5.41) is 0. The molecule has 3 nitrogen and oxygen atoms in total. The Morgan fingerprint density at radius 3 is 2.72 bits per heavy atom. The van der Waals surface area contributed by atoms with Crippen LogP contribution in [-0.2, 0) is 0 Å². The first kappa shape index (κ1) is 11.3. The van der Waals surface area contributed by atoms with Gasteiger partial charge in [0.05, 0.1) is 18.8 Å². The molecule has 4 heteroatoms. The lowest BCUT2D eigenvalue weighted by Crippen LogP contribution is -1.96. The number of methoxy groups -OCH3 is 1. The van der Waals surface area contributed by atoms with Crippen molar-refractivity contribution in [3.8, 4) is 17.3 Å². The summed E-state index contributed by atoms with van der Waals surface area (Å²) in [5.41, 5.74) is 2.06. The molecule has 0 bridgehead atoms. The molecule has 0 radical (unpaired) electrons. The highest BCUT2D eigenvalue weighted by molar-refractivity contribution is 9.10. The number of hydrogen-bond acceptors (Lipinski definition) is 2. The molecule has 3 aromatic rings. The molecule has 0 saturated heterocycles. The summed E-state index contributed by atoms with van der Waals surface area (Å²) in [6, 6.07) is 13.9. The SMILES string of the molecule is COc1cccc2cnc(-c3ccccc3Br)n12. The lowest BCUT2D eigenvalue weighted by molar-refractivity contribution is 0.393. The van der Waals surface area contributed by atoms with Crippen molar-refractivity contribution in [3.63, 3.8) is 0 Å². The predicted molar refractivity (Wildman–Crippen MR) is 74.9 cm³/mol. The number of benzene rings is 1. The van der Waals surface area contributed by atoms with Gasteiger partial charge >= 0.3 is 0 Å². The van der Waals surface area contributed by atoms with Crippen LogP contribution in [0.1, 0.15) is 0 Å². The molecular weight excluding hydrogens is 292 g/mol. The van der Waals surface area contributed by atoms with Gasteiger partial charge in [0.1, 0.15) is 5.82 Å². The molecule has 1 aromatic carbocycles. The first-order valence-electron chi connectivity index (χ1n) is 5.56. The van der Waals surface area contributed by atoms with Crippen LogP contribution < -0.4 is 4.74 Å². The van der Waals surface area contributed by atoms with E-state index in [0.717, 1.165) is 27.3 Å². The van der Waals surface area contributed by atoms with Crippen molar-refractivity contribution in [3.05, 3.63) is 53.1 Å². The lowest BCUT2D eigenvalue weighted by atomic mass is 10.2. The largest absolute Gasteiger partial charge is 0.482 e. The van der Waals surface area contributed by atoms with Gasteiger partial charge < -0.3 is 4.74 Å². The Hall–Kier alpha value is -1.81. The fourth-order valence-electron chi connectivity index (χ4n) is 2.01. The summed E-state index contributed by atoms with van der Waals surface area (Å²) in [5.74, 6) is 1.64. The topological polar surface area (TPSA) is 26.5 Å². The Balaban J connectivity index is 2.34. The van der Waals surface area contributed by atoms with E-state index in [0.29, 0.717) is 0 Å². The van der Waals surface area contributed by atoms with Crippen molar-refractivity contribution in [1.29, 1.82) is 0 Å². The van der Waals surface area contributed by atoms with Gasteiger partial charge in [-0.15, -0.1) is 0 Å². The van der Waals surface area contributed by atoms with E-state index in [1.165, 1.54) is 0 Å². The van der Waals surface area contributed by atoms with Crippen molar-refractivity contribution in [2.24, 2.45) is 0 Å². The molecule has 0 atom stereocenters. The van der Waals surface area contributed by atoms with E-state index in [2.05, 4.69) is 20.9 Å². The van der Waals surface area contributed by atoms with E-state index in [9.17, 15) is 0 Å². The van der Waals surface area contributed by atoms with Gasteiger partial charge in [-0.3, -0.25) is 4.40 Å². The van der Waals surface area contributed by atoms with E-state index in [1.807, 2.05) is 53.1 Å². The van der Waals surface area contributed by atoms with Crippen molar-refractivity contribution < 1.29 is 4.74 Å². The molecule has 90 valence electrons. The van der Waals surface area contributed by atoms with Gasteiger partial charge in [-0.25, -0.2) is 4.98 Å². The molecule has 0 saturated carbocycles. The molecule has 0 amide bonds. The first-order chi connectivity index (χ1) is 8.81. The van der Waals surface area contributed by atoms with E-state index >= 15 is 0 Å². The van der Waals surface area contributed by atoms with E-state index in [4.69, 9.17) is 4.74 Å². The van der Waals surface area contributed by atoms with Crippen LogP contribution in [-0.4, -0.2) is 16.5 Å². The molecule has 18 heavy (non-hydrogen) atoms. The molecule has 0 aliphatic rings. The van der Waals surface area contributed by atoms with E-state index < -0.39 is 0 Å². The van der Waals surface area contributed by atoms with Crippen molar-refractivity contribution >= 4 is 21.4 Å². The molecule has 2 heterocycles. The zero-order chi connectivity index (χ0) is 12.5. The predicted octanol–water partition coefficient (Wildman–Crippen LogP) is 3.77. The summed E-state index contributed by atoms with van der Waals surface area (Å²) in [6.45, 7) is 0. The maximum atomic E-state index is 5.40. The number of aromatic nitrogens is 2. The zero-order valence-electron chi connectivity index (χ0n) is 9.80. The minimum atomic E-state index is 0.774. The zero-order valence-corrected chi connectivity index (χ0v) is 11.4. The average molecular weight is 303 g/mol. The van der Waals surface area contributed by atoms with Crippen LogP contribution in [0.4, 0.5) is 0 Å².